The Balaban J connectivity index is 1.76. The number of nitrogens with one attached hydrogen (secondary N) is 2. The molecule has 0 saturated carbocycles. The fraction of sp³-hybridized carbons (Fsp3) is 0.190. The molecule has 0 aliphatic carbocycles. The number of carbonyl (C=O) groups is 2. The van der Waals surface area contributed by atoms with E-state index in [9.17, 15) is 9.59 Å². The minimum Gasteiger partial charge on any atom is -0.384 e. The topological polar surface area (TPSA) is 123 Å². The van der Waals surface area contributed by atoms with Crippen LogP contribution in [0.25, 0.3) is 10.8 Å². The molecule has 3 rings (SSSR count). The molecular weight excluding hydrogens is 354 g/mol. The number of nitrogens with two attached hydrogens (primary N) is 2. The van der Waals surface area contributed by atoms with Crippen LogP contribution < -0.4 is 22.1 Å². The number of nitrogen functional groups attached to an aromatic ring is 1. The molecule has 144 valence electrons. The van der Waals surface area contributed by atoms with Gasteiger partial charge in [-0.3, -0.25) is 9.59 Å². The molecule has 0 bridgehead atoms. The summed E-state index contributed by atoms with van der Waals surface area (Å²) in [7, 11) is 0. The monoisotopic (exact) mass is 377 g/mol. The molecule has 0 spiro atoms. The van der Waals surface area contributed by atoms with E-state index in [0.717, 1.165) is 21.9 Å². The van der Waals surface area contributed by atoms with Crippen LogP contribution in [-0.2, 0) is 22.6 Å². The molecule has 2 aromatic carbocycles. The Labute approximate surface area is 163 Å². The molecule has 7 heteroatoms. The summed E-state index contributed by atoms with van der Waals surface area (Å²) in [5.41, 5.74) is 12.8. The van der Waals surface area contributed by atoms with Gasteiger partial charge in [0.25, 0.3) is 0 Å². The van der Waals surface area contributed by atoms with Crippen molar-refractivity contribution < 1.29 is 9.59 Å². The molecule has 6 N–H and O–H groups in total. The van der Waals surface area contributed by atoms with Crippen molar-refractivity contribution in [1.82, 2.24) is 15.6 Å². The first-order valence-electron chi connectivity index (χ1n) is 9.01. The third-order valence-corrected chi connectivity index (χ3v) is 4.46. The first-order chi connectivity index (χ1) is 13.6. The zero-order valence-corrected chi connectivity index (χ0v) is 15.4. The standard InChI is InChI=1S/C21H23N5O2/c22-11-20(27)26-18(21(28)25-13-14-8-9-19(23)24-12-14)10-16-6-3-5-15-4-1-2-7-17(15)16/h1-9,12,18H,10-11,13,22H2,(H2,23,24)(H,25,28)(H,26,27). The Morgan fingerprint density at radius 2 is 1.82 bits per heavy atom. The summed E-state index contributed by atoms with van der Waals surface area (Å²) in [6, 6.07) is 16.6. The van der Waals surface area contributed by atoms with Gasteiger partial charge in [0.1, 0.15) is 11.9 Å². The van der Waals surface area contributed by atoms with Crippen molar-refractivity contribution >= 4 is 28.4 Å². The van der Waals surface area contributed by atoms with E-state index < -0.39 is 6.04 Å². The largest absolute Gasteiger partial charge is 0.384 e. The predicted octanol–water partition coefficient (Wildman–Crippen LogP) is 1.12. The predicted molar refractivity (Wildman–Crippen MR) is 109 cm³/mol. The van der Waals surface area contributed by atoms with Crippen LogP contribution in [0.2, 0.25) is 0 Å². The lowest BCUT2D eigenvalue weighted by molar-refractivity contribution is -0.128. The summed E-state index contributed by atoms with van der Waals surface area (Å²) >= 11 is 0. The van der Waals surface area contributed by atoms with Gasteiger partial charge in [-0.15, -0.1) is 0 Å². The number of benzene rings is 2. The maximum atomic E-state index is 12.8. The number of aromatic nitrogens is 1. The summed E-state index contributed by atoms with van der Waals surface area (Å²) in [4.78, 5) is 28.6. The van der Waals surface area contributed by atoms with E-state index in [2.05, 4.69) is 15.6 Å². The lowest BCUT2D eigenvalue weighted by Gasteiger charge is -2.19. The van der Waals surface area contributed by atoms with Gasteiger partial charge in [-0.2, -0.15) is 0 Å². The Bertz CT molecular complexity index is 967. The first kappa shape index (κ1) is 19.3. The highest BCUT2D eigenvalue weighted by molar-refractivity contribution is 5.90. The lowest BCUT2D eigenvalue weighted by atomic mass is 9.98. The molecule has 0 saturated heterocycles. The zero-order chi connectivity index (χ0) is 19.9. The van der Waals surface area contributed by atoms with Gasteiger partial charge >= 0.3 is 0 Å². The number of fused-ring (bicyclic) bond motifs is 1. The quantitative estimate of drug-likeness (QED) is 0.491. The third-order valence-electron chi connectivity index (χ3n) is 4.46. The summed E-state index contributed by atoms with van der Waals surface area (Å²) in [5.74, 6) is -0.250. The minimum atomic E-state index is -0.733. The fourth-order valence-electron chi connectivity index (χ4n) is 3.01. The van der Waals surface area contributed by atoms with Gasteiger partial charge in [0, 0.05) is 19.2 Å². The highest BCUT2D eigenvalue weighted by Gasteiger charge is 2.21. The van der Waals surface area contributed by atoms with Crippen molar-refractivity contribution in [2.24, 2.45) is 5.73 Å². The molecule has 1 unspecified atom stereocenters. The van der Waals surface area contributed by atoms with E-state index in [1.54, 1.807) is 18.3 Å². The molecule has 1 aromatic heterocycles. The van der Waals surface area contributed by atoms with E-state index in [-0.39, 0.29) is 24.9 Å². The summed E-state index contributed by atoms with van der Waals surface area (Å²) in [6.45, 7) is 0.109. The van der Waals surface area contributed by atoms with Crippen LogP contribution in [0, 0.1) is 0 Å². The first-order valence-corrected chi connectivity index (χ1v) is 9.01. The van der Waals surface area contributed by atoms with Crippen molar-refractivity contribution in [2.45, 2.75) is 19.0 Å². The number of carbonyl (C=O) groups excluding carboxylic acids is 2. The second-order valence-corrected chi connectivity index (χ2v) is 6.48. The van der Waals surface area contributed by atoms with E-state index >= 15 is 0 Å². The van der Waals surface area contributed by atoms with Crippen LogP contribution in [0.3, 0.4) is 0 Å². The van der Waals surface area contributed by atoms with Gasteiger partial charge in [0.2, 0.25) is 11.8 Å². The molecular formula is C21H23N5O2. The Hall–Kier alpha value is -3.45. The Kier molecular flexibility index (Phi) is 6.18. The average molecular weight is 377 g/mol. The highest BCUT2D eigenvalue weighted by atomic mass is 16.2. The molecule has 0 fully saturated rings. The molecule has 7 nitrogen and oxygen atoms in total. The maximum Gasteiger partial charge on any atom is 0.243 e. The van der Waals surface area contributed by atoms with Crippen molar-refractivity contribution in [1.29, 1.82) is 0 Å². The van der Waals surface area contributed by atoms with Gasteiger partial charge in [-0.25, -0.2) is 4.98 Å². The van der Waals surface area contributed by atoms with Crippen LogP contribution in [0.5, 0.6) is 0 Å². The number of pyridine rings is 1. The number of hydrogen-bond donors (Lipinski definition) is 4. The lowest BCUT2D eigenvalue weighted by Crippen LogP contribution is -2.49. The highest BCUT2D eigenvalue weighted by Crippen LogP contribution is 2.20. The Morgan fingerprint density at radius 1 is 1.04 bits per heavy atom. The average Bonchev–Trinajstić information content (AvgIpc) is 2.72. The van der Waals surface area contributed by atoms with Gasteiger partial charge in [-0.05, 0) is 28.0 Å². The summed E-state index contributed by atoms with van der Waals surface area (Å²) in [5, 5.41) is 7.68. The number of hydrogen-bond acceptors (Lipinski definition) is 5. The van der Waals surface area contributed by atoms with E-state index in [4.69, 9.17) is 11.5 Å². The van der Waals surface area contributed by atoms with Crippen LogP contribution in [0.15, 0.2) is 60.8 Å². The van der Waals surface area contributed by atoms with E-state index in [1.807, 2.05) is 42.5 Å². The summed E-state index contributed by atoms with van der Waals surface area (Å²) in [6.07, 6.45) is 1.96. The number of rotatable bonds is 7. The molecule has 28 heavy (non-hydrogen) atoms. The van der Waals surface area contributed by atoms with Gasteiger partial charge in [-0.1, -0.05) is 48.5 Å². The normalized spacial score (nSPS) is 11.8. The van der Waals surface area contributed by atoms with E-state index in [0.29, 0.717) is 12.2 Å². The minimum absolute atomic E-state index is 0.179. The second-order valence-electron chi connectivity index (χ2n) is 6.48. The van der Waals surface area contributed by atoms with Crippen molar-refractivity contribution in [3.8, 4) is 0 Å². The van der Waals surface area contributed by atoms with Crippen LogP contribution in [-0.4, -0.2) is 29.4 Å². The molecule has 1 heterocycles. The number of amides is 2. The van der Waals surface area contributed by atoms with E-state index in [1.165, 1.54) is 0 Å². The van der Waals surface area contributed by atoms with Crippen LogP contribution in [0.1, 0.15) is 11.1 Å². The van der Waals surface area contributed by atoms with Crippen molar-refractivity contribution in [2.75, 3.05) is 12.3 Å². The molecule has 2 amide bonds. The number of nitrogens with zero attached hydrogens (tertiary/aromatic N) is 1. The molecule has 1 atom stereocenters. The van der Waals surface area contributed by atoms with Crippen molar-refractivity contribution in [3.05, 3.63) is 71.9 Å². The zero-order valence-electron chi connectivity index (χ0n) is 15.4. The molecule has 0 radical (unpaired) electrons. The van der Waals surface area contributed by atoms with Gasteiger partial charge in [0.15, 0.2) is 0 Å². The van der Waals surface area contributed by atoms with Crippen LogP contribution >= 0.6 is 0 Å². The van der Waals surface area contributed by atoms with Crippen LogP contribution in [0.4, 0.5) is 5.82 Å². The third kappa shape index (κ3) is 4.83. The molecule has 3 aromatic rings. The molecule has 0 aliphatic rings. The Morgan fingerprint density at radius 3 is 2.57 bits per heavy atom. The number of anilines is 1. The van der Waals surface area contributed by atoms with Gasteiger partial charge < -0.3 is 22.1 Å². The maximum absolute atomic E-state index is 12.8. The SMILES string of the molecule is NCC(=O)NC(Cc1cccc2ccccc12)C(=O)NCc1ccc(N)nc1. The molecule has 0 aliphatic heterocycles. The summed E-state index contributed by atoms with van der Waals surface area (Å²) < 4.78 is 0. The smallest absolute Gasteiger partial charge is 0.243 e. The second kappa shape index (κ2) is 8.96. The van der Waals surface area contributed by atoms with Crippen molar-refractivity contribution in [3.63, 3.8) is 0 Å². The van der Waals surface area contributed by atoms with Gasteiger partial charge in [0.05, 0.1) is 6.54 Å². The fourth-order valence-corrected chi connectivity index (χ4v) is 3.01.